The molecule has 1 aliphatic heterocycles. The molecule has 1 fully saturated rings. The maximum atomic E-state index is 8.84. The smallest absolute Gasteiger partial charge is 0.0843 e. The van der Waals surface area contributed by atoms with E-state index in [2.05, 4.69) is 71.8 Å². The third kappa shape index (κ3) is 6.67. The number of piperidine rings is 1. The van der Waals surface area contributed by atoms with Crippen LogP contribution in [0.25, 0.3) is 11.1 Å². The Hall–Kier alpha value is -3.31. The van der Waals surface area contributed by atoms with Crippen molar-refractivity contribution in [3.63, 3.8) is 0 Å². The molecule has 4 rings (SSSR count). The van der Waals surface area contributed by atoms with Crippen LogP contribution in [0.2, 0.25) is 0 Å². The number of nitrogens with zero attached hydrogens (tertiary/aromatic N) is 3. The highest BCUT2D eigenvalue weighted by molar-refractivity contribution is 6.13. The molecule has 36 heavy (non-hydrogen) atoms. The van der Waals surface area contributed by atoms with E-state index in [1.807, 2.05) is 37.6 Å². The lowest BCUT2D eigenvalue weighted by molar-refractivity contribution is 0.185. The predicted octanol–water partition coefficient (Wildman–Crippen LogP) is 6.88. The standard InChI is InChI=1S/C31H39N5/c1-21(2)14-28-8-9-29(19-34-28)35-24(5)31(32)30-16-26(7-6-23(30)4)27-15-25(17-33-18-27)20-36-12-10-22(3)11-13-36/h6-9,15-19,21-22,32,35H,5,10-14,20H2,1-4H3. The minimum Gasteiger partial charge on any atom is -0.353 e. The summed E-state index contributed by atoms with van der Waals surface area (Å²) in [5.41, 5.74) is 8.14. The molecule has 5 nitrogen and oxygen atoms in total. The van der Waals surface area contributed by atoms with Crippen LogP contribution in [-0.4, -0.2) is 33.7 Å². The molecular weight excluding hydrogens is 442 g/mol. The van der Waals surface area contributed by atoms with Gasteiger partial charge in [-0.1, -0.05) is 39.5 Å². The second-order valence-electron chi connectivity index (χ2n) is 10.7. The summed E-state index contributed by atoms with van der Waals surface area (Å²) in [5, 5.41) is 12.1. The van der Waals surface area contributed by atoms with Crippen molar-refractivity contribution in [2.75, 3.05) is 18.4 Å². The van der Waals surface area contributed by atoms with Crippen LogP contribution >= 0.6 is 0 Å². The summed E-state index contributed by atoms with van der Waals surface area (Å²) in [6.45, 7) is 16.2. The van der Waals surface area contributed by atoms with Crippen molar-refractivity contribution in [2.24, 2.45) is 11.8 Å². The van der Waals surface area contributed by atoms with Crippen molar-refractivity contribution in [1.82, 2.24) is 14.9 Å². The van der Waals surface area contributed by atoms with Gasteiger partial charge in [-0.05, 0) is 92.1 Å². The van der Waals surface area contributed by atoms with Gasteiger partial charge in [0.05, 0.1) is 23.3 Å². The largest absolute Gasteiger partial charge is 0.353 e. The quantitative estimate of drug-likeness (QED) is 0.327. The van der Waals surface area contributed by atoms with Crippen molar-refractivity contribution < 1.29 is 0 Å². The van der Waals surface area contributed by atoms with E-state index in [-0.39, 0.29) is 0 Å². The van der Waals surface area contributed by atoms with E-state index in [1.54, 1.807) is 0 Å². The molecule has 5 heteroatoms. The molecule has 188 valence electrons. The number of pyridine rings is 2. The zero-order valence-corrected chi connectivity index (χ0v) is 22.1. The van der Waals surface area contributed by atoms with E-state index in [0.717, 1.165) is 65.6 Å². The van der Waals surface area contributed by atoms with Crippen molar-refractivity contribution >= 4 is 11.4 Å². The first-order valence-corrected chi connectivity index (χ1v) is 13.1. The Balaban J connectivity index is 1.47. The monoisotopic (exact) mass is 481 g/mol. The molecule has 2 N–H and O–H groups in total. The van der Waals surface area contributed by atoms with Crippen LogP contribution in [0.15, 0.2) is 67.3 Å². The summed E-state index contributed by atoms with van der Waals surface area (Å²) in [4.78, 5) is 11.6. The Morgan fingerprint density at radius 1 is 1.08 bits per heavy atom. The third-order valence-corrected chi connectivity index (χ3v) is 6.96. The lowest BCUT2D eigenvalue weighted by Crippen LogP contribution is -2.32. The topological polar surface area (TPSA) is 64.9 Å². The van der Waals surface area contributed by atoms with Gasteiger partial charge in [0, 0.05) is 35.8 Å². The fourth-order valence-corrected chi connectivity index (χ4v) is 4.72. The van der Waals surface area contributed by atoms with E-state index in [4.69, 9.17) is 5.41 Å². The van der Waals surface area contributed by atoms with Gasteiger partial charge >= 0.3 is 0 Å². The van der Waals surface area contributed by atoms with Gasteiger partial charge in [0.2, 0.25) is 0 Å². The molecule has 2 aromatic heterocycles. The molecule has 3 heterocycles. The van der Waals surface area contributed by atoms with E-state index < -0.39 is 0 Å². The lowest BCUT2D eigenvalue weighted by Gasteiger charge is -2.30. The Morgan fingerprint density at radius 2 is 1.86 bits per heavy atom. The Labute approximate surface area is 216 Å². The number of hydrogen-bond acceptors (Lipinski definition) is 5. The fraction of sp³-hybridized carbons (Fsp3) is 0.387. The molecule has 0 spiro atoms. The molecule has 0 amide bonds. The summed E-state index contributed by atoms with van der Waals surface area (Å²) in [6, 6.07) is 12.6. The molecule has 1 aromatic carbocycles. The van der Waals surface area contributed by atoms with Crippen LogP contribution in [0.5, 0.6) is 0 Å². The van der Waals surface area contributed by atoms with E-state index in [9.17, 15) is 0 Å². The number of rotatable bonds is 9. The molecule has 0 bridgehead atoms. The molecule has 1 saturated heterocycles. The highest BCUT2D eigenvalue weighted by Gasteiger charge is 2.16. The Kier molecular flexibility index (Phi) is 8.32. The number of nitrogens with one attached hydrogen (secondary N) is 2. The first-order chi connectivity index (χ1) is 17.3. The van der Waals surface area contributed by atoms with Crippen molar-refractivity contribution in [2.45, 2.75) is 53.5 Å². The number of benzene rings is 1. The summed E-state index contributed by atoms with van der Waals surface area (Å²) in [5.74, 6) is 1.40. The zero-order valence-electron chi connectivity index (χ0n) is 22.1. The van der Waals surface area contributed by atoms with Gasteiger partial charge in [-0.15, -0.1) is 0 Å². The van der Waals surface area contributed by atoms with Crippen LogP contribution < -0.4 is 5.32 Å². The molecule has 3 aromatic rings. The number of allylic oxidation sites excluding steroid dienone is 1. The molecule has 0 unspecified atom stereocenters. The minimum atomic E-state index is 0.382. The van der Waals surface area contributed by atoms with Crippen molar-refractivity contribution in [3.05, 3.63) is 89.6 Å². The maximum absolute atomic E-state index is 8.84. The molecule has 1 aliphatic rings. The van der Waals surface area contributed by atoms with Gasteiger partial charge in [0.15, 0.2) is 0 Å². The molecule has 0 radical (unpaired) electrons. The van der Waals surface area contributed by atoms with Gasteiger partial charge in [-0.2, -0.15) is 0 Å². The van der Waals surface area contributed by atoms with Gasteiger partial charge in [-0.25, -0.2) is 0 Å². The van der Waals surface area contributed by atoms with Crippen molar-refractivity contribution in [3.8, 4) is 11.1 Å². The number of anilines is 1. The molecule has 0 aliphatic carbocycles. The van der Waals surface area contributed by atoms with Crippen LogP contribution in [0.1, 0.15) is 56.0 Å². The molecular formula is C31H39N5. The van der Waals surface area contributed by atoms with Gasteiger partial charge in [0.25, 0.3) is 0 Å². The average Bonchev–Trinajstić information content (AvgIpc) is 2.86. The number of aromatic nitrogens is 2. The summed E-state index contributed by atoms with van der Waals surface area (Å²) >= 11 is 0. The van der Waals surface area contributed by atoms with Gasteiger partial charge in [0.1, 0.15) is 0 Å². The number of aryl methyl sites for hydroxylation is 1. The predicted molar refractivity (Wildman–Crippen MR) is 150 cm³/mol. The SMILES string of the molecule is C=C(Nc1ccc(CC(C)C)nc1)C(=N)c1cc(-c2cncc(CN3CCC(C)CC3)c2)ccc1C. The van der Waals surface area contributed by atoms with Gasteiger partial charge < -0.3 is 5.32 Å². The fourth-order valence-electron chi connectivity index (χ4n) is 4.72. The Morgan fingerprint density at radius 3 is 2.56 bits per heavy atom. The van der Waals surface area contributed by atoms with Crippen LogP contribution in [-0.2, 0) is 13.0 Å². The van der Waals surface area contributed by atoms with E-state index in [1.165, 1.54) is 18.4 Å². The third-order valence-electron chi connectivity index (χ3n) is 6.96. The highest BCUT2D eigenvalue weighted by Crippen LogP contribution is 2.26. The highest BCUT2D eigenvalue weighted by atomic mass is 15.1. The van der Waals surface area contributed by atoms with E-state index in [0.29, 0.717) is 17.3 Å². The zero-order chi connectivity index (χ0) is 25.7. The summed E-state index contributed by atoms with van der Waals surface area (Å²) in [6.07, 6.45) is 9.21. The maximum Gasteiger partial charge on any atom is 0.0843 e. The average molecular weight is 482 g/mol. The second-order valence-corrected chi connectivity index (χ2v) is 10.7. The summed E-state index contributed by atoms with van der Waals surface area (Å²) in [7, 11) is 0. The van der Waals surface area contributed by atoms with Crippen LogP contribution in [0.3, 0.4) is 0 Å². The van der Waals surface area contributed by atoms with Crippen molar-refractivity contribution in [1.29, 1.82) is 5.41 Å². The molecule has 0 saturated carbocycles. The lowest BCUT2D eigenvalue weighted by atomic mass is 9.96. The van der Waals surface area contributed by atoms with Crippen LogP contribution in [0, 0.1) is 24.2 Å². The minimum absolute atomic E-state index is 0.382. The van der Waals surface area contributed by atoms with E-state index >= 15 is 0 Å². The second kappa shape index (κ2) is 11.6. The number of hydrogen-bond donors (Lipinski definition) is 2. The van der Waals surface area contributed by atoms with Crippen LogP contribution in [0.4, 0.5) is 5.69 Å². The first kappa shape index (κ1) is 25.8. The van der Waals surface area contributed by atoms with Gasteiger partial charge in [-0.3, -0.25) is 20.3 Å². The normalized spacial score (nSPS) is 14.7. The molecule has 0 atom stereocenters. The number of likely N-dealkylation sites (tertiary alicyclic amines) is 1. The first-order valence-electron chi connectivity index (χ1n) is 13.1. The summed E-state index contributed by atoms with van der Waals surface area (Å²) < 4.78 is 0. The Bertz CT molecular complexity index is 1200.